The zero-order valence-corrected chi connectivity index (χ0v) is 11.1. The first-order valence-corrected chi connectivity index (χ1v) is 6.28. The minimum absolute atomic E-state index is 0.0242. The molecule has 0 spiro atoms. The molecule has 0 radical (unpaired) electrons. The van der Waals surface area contributed by atoms with Crippen LogP contribution in [-0.2, 0) is 17.9 Å². The van der Waals surface area contributed by atoms with Gasteiger partial charge < -0.3 is 19.6 Å². The van der Waals surface area contributed by atoms with Crippen molar-refractivity contribution in [3.8, 4) is 0 Å². The van der Waals surface area contributed by atoms with Gasteiger partial charge >= 0.3 is 5.97 Å². The second-order valence-corrected chi connectivity index (χ2v) is 4.09. The maximum Gasteiger partial charge on any atom is 0.360 e. The number of aliphatic hydroxyl groups excluding tert-OH is 1. The van der Waals surface area contributed by atoms with Gasteiger partial charge in [0.15, 0.2) is 5.69 Å². The lowest BCUT2D eigenvalue weighted by molar-refractivity contribution is 0.0519. The predicted octanol–water partition coefficient (Wildman–Crippen LogP) is 1.96. The molecule has 0 atom stereocenters. The first kappa shape index (κ1) is 14.1. The van der Waals surface area contributed by atoms with Crippen LogP contribution in [0.15, 0.2) is 34.9 Å². The van der Waals surface area contributed by atoms with E-state index in [9.17, 15) is 4.79 Å². The van der Waals surface area contributed by atoms with E-state index in [0.29, 0.717) is 13.2 Å². The van der Waals surface area contributed by atoms with Crippen LogP contribution in [0.1, 0.15) is 28.5 Å². The molecule has 0 unspecified atom stereocenters. The van der Waals surface area contributed by atoms with E-state index >= 15 is 0 Å². The van der Waals surface area contributed by atoms with Crippen LogP contribution < -0.4 is 5.32 Å². The summed E-state index contributed by atoms with van der Waals surface area (Å²) in [4.78, 5) is 15.4. The average molecular weight is 276 g/mol. The van der Waals surface area contributed by atoms with E-state index in [0.717, 1.165) is 11.1 Å². The van der Waals surface area contributed by atoms with Crippen molar-refractivity contribution in [2.75, 3.05) is 11.9 Å². The smallest absolute Gasteiger partial charge is 0.360 e. The van der Waals surface area contributed by atoms with E-state index < -0.39 is 5.97 Å². The molecule has 1 heterocycles. The molecule has 0 aliphatic carbocycles. The Labute approximate surface area is 116 Å². The zero-order valence-electron chi connectivity index (χ0n) is 11.1. The molecule has 1 aromatic heterocycles. The minimum Gasteiger partial charge on any atom is -0.461 e. The number of nitrogens with zero attached hydrogens (tertiary/aromatic N) is 1. The van der Waals surface area contributed by atoms with E-state index in [-0.39, 0.29) is 18.3 Å². The molecule has 0 aliphatic heterocycles. The highest BCUT2D eigenvalue weighted by Gasteiger charge is 2.12. The third-order valence-corrected chi connectivity index (χ3v) is 2.64. The SMILES string of the molecule is CCOC(=O)c1coc(NCc2ccc(CO)cc2)n1. The van der Waals surface area contributed by atoms with Gasteiger partial charge in [0, 0.05) is 6.54 Å². The number of aromatic nitrogens is 1. The van der Waals surface area contributed by atoms with Gasteiger partial charge in [-0.2, -0.15) is 4.98 Å². The molecule has 6 nitrogen and oxygen atoms in total. The standard InChI is InChI=1S/C14H16N2O4/c1-2-19-13(18)12-9-20-14(16-12)15-7-10-3-5-11(8-17)6-4-10/h3-6,9,17H,2,7-8H2,1H3,(H,15,16). The van der Waals surface area contributed by atoms with Crippen LogP contribution in [0.3, 0.4) is 0 Å². The maximum absolute atomic E-state index is 11.4. The molecule has 1 aromatic carbocycles. The summed E-state index contributed by atoms with van der Waals surface area (Å²) in [6.45, 7) is 2.56. The minimum atomic E-state index is -0.503. The summed E-state index contributed by atoms with van der Waals surface area (Å²) >= 11 is 0. The summed E-state index contributed by atoms with van der Waals surface area (Å²) in [6.07, 6.45) is 1.26. The normalized spacial score (nSPS) is 10.3. The Morgan fingerprint density at radius 2 is 2.05 bits per heavy atom. The number of aliphatic hydroxyl groups is 1. The van der Waals surface area contributed by atoms with Crippen LogP contribution in [0.4, 0.5) is 6.01 Å². The van der Waals surface area contributed by atoms with Crippen molar-refractivity contribution in [2.24, 2.45) is 0 Å². The summed E-state index contributed by atoms with van der Waals surface area (Å²) < 4.78 is 9.95. The topological polar surface area (TPSA) is 84.6 Å². The van der Waals surface area contributed by atoms with Gasteiger partial charge in [0.25, 0.3) is 6.01 Å². The molecule has 0 aliphatic rings. The number of rotatable bonds is 6. The van der Waals surface area contributed by atoms with Crippen LogP contribution in [-0.4, -0.2) is 22.7 Å². The molecule has 2 rings (SSSR count). The van der Waals surface area contributed by atoms with Crippen LogP contribution in [0.25, 0.3) is 0 Å². The summed E-state index contributed by atoms with van der Waals surface area (Å²) in [5, 5.41) is 11.9. The second kappa shape index (κ2) is 6.72. The maximum atomic E-state index is 11.4. The Hall–Kier alpha value is -2.34. The second-order valence-electron chi connectivity index (χ2n) is 4.09. The molecule has 106 valence electrons. The van der Waals surface area contributed by atoms with Gasteiger partial charge in [-0.1, -0.05) is 24.3 Å². The molecule has 0 amide bonds. The number of carbonyl (C=O) groups excluding carboxylic acids is 1. The van der Waals surface area contributed by atoms with Crippen LogP contribution >= 0.6 is 0 Å². The first-order chi connectivity index (χ1) is 9.72. The fraction of sp³-hybridized carbons (Fsp3) is 0.286. The molecule has 6 heteroatoms. The summed E-state index contributed by atoms with van der Waals surface area (Å²) in [5.74, 6) is -0.503. The van der Waals surface area contributed by atoms with Crippen LogP contribution in [0.2, 0.25) is 0 Å². The molecular formula is C14H16N2O4. The number of hydrogen-bond acceptors (Lipinski definition) is 6. The van der Waals surface area contributed by atoms with Gasteiger partial charge in [-0.25, -0.2) is 4.79 Å². The Bertz CT molecular complexity index is 563. The Kier molecular flexibility index (Phi) is 4.73. The van der Waals surface area contributed by atoms with E-state index in [1.54, 1.807) is 6.92 Å². The molecule has 2 aromatic rings. The predicted molar refractivity (Wildman–Crippen MR) is 72.2 cm³/mol. The molecule has 2 N–H and O–H groups in total. The molecule has 0 saturated carbocycles. The molecule has 0 fully saturated rings. The zero-order chi connectivity index (χ0) is 14.4. The van der Waals surface area contributed by atoms with Gasteiger partial charge in [0.1, 0.15) is 6.26 Å². The third-order valence-electron chi connectivity index (χ3n) is 2.64. The van der Waals surface area contributed by atoms with Crippen molar-refractivity contribution in [2.45, 2.75) is 20.1 Å². The lowest BCUT2D eigenvalue weighted by atomic mass is 10.1. The quantitative estimate of drug-likeness (QED) is 0.784. The van der Waals surface area contributed by atoms with Crippen molar-refractivity contribution in [1.82, 2.24) is 4.98 Å². The lowest BCUT2D eigenvalue weighted by Crippen LogP contribution is -2.05. The van der Waals surface area contributed by atoms with E-state index in [1.807, 2.05) is 24.3 Å². The highest BCUT2D eigenvalue weighted by molar-refractivity contribution is 5.87. The Morgan fingerprint density at radius 1 is 1.35 bits per heavy atom. The van der Waals surface area contributed by atoms with Crippen LogP contribution in [0, 0.1) is 0 Å². The number of esters is 1. The van der Waals surface area contributed by atoms with Crippen molar-refractivity contribution < 1.29 is 19.1 Å². The van der Waals surface area contributed by atoms with E-state index in [1.165, 1.54) is 6.26 Å². The van der Waals surface area contributed by atoms with E-state index in [4.69, 9.17) is 14.3 Å². The monoisotopic (exact) mass is 276 g/mol. The van der Waals surface area contributed by atoms with Gasteiger partial charge in [-0.05, 0) is 18.1 Å². The molecule has 0 bridgehead atoms. The van der Waals surface area contributed by atoms with Crippen molar-refractivity contribution in [3.63, 3.8) is 0 Å². The molecule has 20 heavy (non-hydrogen) atoms. The summed E-state index contributed by atoms with van der Waals surface area (Å²) in [7, 11) is 0. The van der Waals surface area contributed by atoms with Gasteiger partial charge in [0.05, 0.1) is 13.2 Å². The number of oxazole rings is 1. The van der Waals surface area contributed by atoms with Gasteiger partial charge in [0.2, 0.25) is 0 Å². The number of carbonyl (C=O) groups is 1. The Balaban J connectivity index is 1.91. The first-order valence-electron chi connectivity index (χ1n) is 6.28. The van der Waals surface area contributed by atoms with E-state index in [2.05, 4.69) is 10.3 Å². The summed E-state index contributed by atoms with van der Waals surface area (Å²) in [5.41, 5.74) is 2.01. The summed E-state index contributed by atoms with van der Waals surface area (Å²) in [6, 6.07) is 7.74. The largest absolute Gasteiger partial charge is 0.461 e. The van der Waals surface area contributed by atoms with Crippen LogP contribution in [0.5, 0.6) is 0 Å². The average Bonchev–Trinajstić information content (AvgIpc) is 2.95. The Morgan fingerprint density at radius 3 is 2.70 bits per heavy atom. The number of benzene rings is 1. The highest BCUT2D eigenvalue weighted by Crippen LogP contribution is 2.11. The number of nitrogens with one attached hydrogen (secondary N) is 1. The van der Waals surface area contributed by atoms with Gasteiger partial charge in [-0.15, -0.1) is 0 Å². The number of anilines is 1. The molecular weight excluding hydrogens is 260 g/mol. The number of hydrogen-bond donors (Lipinski definition) is 2. The highest BCUT2D eigenvalue weighted by atomic mass is 16.5. The number of ether oxygens (including phenoxy) is 1. The fourth-order valence-corrected chi connectivity index (χ4v) is 1.59. The van der Waals surface area contributed by atoms with Crippen molar-refractivity contribution in [3.05, 3.63) is 47.3 Å². The van der Waals surface area contributed by atoms with Crippen molar-refractivity contribution in [1.29, 1.82) is 0 Å². The van der Waals surface area contributed by atoms with Gasteiger partial charge in [-0.3, -0.25) is 0 Å². The van der Waals surface area contributed by atoms with Crippen molar-refractivity contribution >= 4 is 12.0 Å². The fourth-order valence-electron chi connectivity index (χ4n) is 1.59. The third kappa shape index (κ3) is 3.58. The molecule has 0 saturated heterocycles. The lowest BCUT2D eigenvalue weighted by Gasteiger charge is -2.03.